The first-order valence-corrected chi connectivity index (χ1v) is 7.74. The Morgan fingerprint density at radius 1 is 1.29 bits per heavy atom. The Morgan fingerprint density at radius 2 is 2.10 bits per heavy atom. The lowest BCUT2D eigenvalue weighted by molar-refractivity contribution is 0.409. The third kappa shape index (κ3) is 3.71. The number of aromatic nitrogens is 1. The van der Waals surface area contributed by atoms with Crippen LogP contribution in [0.5, 0.6) is 0 Å². The Balaban J connectivity index is 1.72. The van der Waals surface area contributed by atoms with E-state index in [0.29, 0.717) is 11.1 Å². The summed E-state index contributed by atoms with van der Waals surface area (Å²) in [5.74, 6) is 0. The second-order valence-corrected chi connectivity index (χ2v) is 5.92. The van der Waals surface area contributed by atoms with Crippen LogP contribution in [-0.4, -0.2) is 21.0 Å². The summed E-state index contributed by atoms with van der Waals surface area (Å²) in [5.41, 5.74) is 2.01. The summed E-state index contributed by atoms with van der Waals surface area (Å²) >= 11 is 11.7. The first-order valence-electron chi connectivity index (χ1n) is 6.95. The summed E-state index contributed by atoms with van der Waals surface area (Å²) in [6, 6.07) is 12.2. The molecule has 1 N–H and O–H groups in total. The summed E-state index contributed by atoms with van der Waals surface area (Å²) in [6.45, 7) is 0.773. The van der Waals surface area contributed by atoms with Crippen molar-refractivity contribution in [2.45, 2.75) is 25.4 Å². The monoisotopic (exact) mass is 317 g/mol. The van der Waals surface area contributed by atoms with Crippen molar-refractivity contribution in [1.82, 2.24) is 9.88 Å². The maximum atomic E-state index is 6.18. The number of halogens is 1. The van der Waals surface area contributed by atoms with Gasteiger partial charge < -0.3 is 10.2 Å². The molecule has 0 atom stereocenters. The molecule has 0 aliphatic heterocycles. The van der Waals surface area contributed by atoms with Crippen molar-refractivity contribution >= 4 is 34.6 Å². The van der Waals surface area contributed by atoms with E-state index in [4.69, 9.17) is 23.8 Å². The van der Waals surface area contributed by atoms with Gasteiger partial charge in [-0.2, -0.15) is 0 Å². The predicted octanol–water partition coefficient (Wildman–Crippen LogP) is 4.10. The van der Waals surface area contributed by atoms with Crippen LogP contribution in [0.4, 0.5) is 5.69 Å². The largest absolute Gasteiger partial charge is 0.342 e. The van der Waals surface area contributed by atoms with Crippen LogP contribution in [0.25, 0.3) is 0 Å². The van der Waals surface area contributed by atoms with Crippen molar-refractivity contribution in [3.63, 3.8) is 0 Å². The molecule has 21 heavy (non-hydrogen) atoms. The highest BCUT2D eigenvalue weighted by Crippen LogP contribution is 2.30. The average Bonchev–Trinajstić information content (AvgIpc) is 3.33. The standard InChI is InChI=1S/C16H16ClN3S/c17-14-5-1-2-6-15(14)19-16(21)20(13-7-8-13)11-12-4-3-9-18-10-12/h1-6,9-10,13H,7-8,11H2,(H,19,21). The number of nitrogens with zero attached hydrogens (tertiary/aromatic N) is 2. The third-order valence-electron chi connectivity index (χ3n) is 3.44. The molecule has 1 saturated carbocycles. The molecule has 5 heteroatoms. The van der Waals surface area contributed by atoms with Gasteiger partial charge in [0, 0.05) is 25.0 Å². The average molecular weight is 318 g/mol. The molecule has 0 saturated heterocycles. The molecular weight excluding hydrogens is 302 g/mol. The van der Waals surface area contributed by atoms with E-state index in [1.54, 1.807) is 6.20 Å². The molecule has 2 aromatic rings. The minimum absolute atomic E-state index is 0.521. The maximum Gasteiger partial charge on any atom is 0.174 e. The van der Waals surface area contributed by atoms with Gasteiger partial charge in [-0.25, -0.2) is 0 Å². The smallest absolute Gasteiger partial charge is 0.174 e. The molecule has 0 amide bonds. The van der Waals surface area contributed by atoms with Crippen molar-refractivity contribution in [2.24, 2.45) is 0 Å². The first-order chi connectivity index (χ1) is 10.2. The highest BCUT2D eigenvalue weighted by molar-refractivity contribution is 7.80. The zero-order valence-corrected chi connectivity index (χ0v) is 13.1. The SMILES string of the molecule is S=C(Nc1ccccc1Cl)N(Cc1cccnc1)C1CC1. The predicted molar refractivity (Wildman–Crippen MR) is 90.5 cm³/mol. The molecular formula is C16H16ClN3S. The molecule has 1 heterocycles. The van der Waals surface area contributed by atoms with Gasteiger partial charge in [0.2, 0.25) is 0 Å². The first kappa shape index (κ1) is 14.3. The number of thiocarbonyl (C=S) groups is 1. The van der Waals surface area contributed by atoms with E-state index < -0.39 is 0 Å². The van der Waals surface area contributed by atoms with E-state index >= 15 is 0 Å². The van der Waals surface area contributed by atoms with Crippen LogP contribution in [0.15, 0.2) is 48.8 Å². The summed E-state index contributed by atoms with van der Waals surface area (Å²) < 4.78 is 0. The van der Waals surface area contributed by atoms with Gasteiger partial charge in [0.25, 0.3) is 0 Å². The second kappa shape index (κ2) is 6.41. The number of pyridine rings is 1. The number of para-hydroxylation sites is 1. The Kier molecular flexibility index (Phi) is 4.36. The molecule has 0 radical (unpaired) electrons. The van der Waals surface area contributed by atoms with E-state index in [9.17, 15) is 0 Å². The second-order valence-electron chi connectivity index (χ2n) is 5.13. The molecule has 0 unspecified atom stereocenters. The van der Waals surface area contributed by atoms with Crippen molar-refractivity contribution in [1.29, 1.82) is 0 Å². The third-order valence-corrected chi connectivity index (χ3v) is 4.11. The number of hydrogen-bond donors (Lipinski definition) is 1. The van der Waals surface area contributed by atoms with E-state index in [0.717, 1.165) is 22.9 Å². The van der Waals surface area contributed by atoms with Crippen LogP contribution in [0, 0.1) is 0 Å². The van der Waals surface area contributed by atoms with Crippen molar-refractivity contribution in [2.75, 3.05) is 5.32 Å². The van der Waals surface area contributed by atoms with Crippen LogP contribution in [-0.2, 0) is 6.54 Å². The lowest BCUT2D eigenvalue weighted by atomic mass is 10.2. The lowest BCUT2D eigenvalue weighted by Gasteiger charge is -2.26. The molecule has 1 fully saturated rings. The van der Waals surface area contributed by atoms with E-state index in [1.807, 2.05) is 36.5 Å². The number of nitrogens with one attached hydrogen (secondary N) is 1. The maximum absolute atomic E-state index is 6.18. The number of hydrogen-bond acceptors (Lipinski definition) is 2. The fourth-order valence-corrected chi connectivity index (χ4v) is 2.70. The molecule has 0 bridgehead atoms. The van der Waals surface area contributed by atoms with Crippen molar-refractivity contribution < 1.29 is 0 Å². The highest BCUT2D eigenvalue weighted by Gasteiger charge is 2.31. The van der Waals surface area contributed by atoms with Crippen LogP contribution >= 0.6 is 23.8 Å². The number of benzene rings is 1. The normalized spacial score (nSPS) is 13.8. The van der Waals surface area contributed by atoms with Gasteiger partial charge in [-0.15, -0.1) is 0 Å². The van der Waals surface area contributed by atoms with Crippen LogP contribution in [0.2, 0.25) is 5.02 Å². The van der Waals surface area contributed by atoms with Gasteiger partial charge in [0.1, 0.15) is 0 Å². The summed E-state index contributed by atoms with van der Waals surface area (Å²) in [7, 11) is 0. The zero-order valence-electron chi connectivity index (χ0n) is 11.5. The summed E-state index contributed by atoms with van der Waals surface area (Å²) in [4.78, 5) is 6.38. The van der Waals surface area contributed by atoms with Crippen LogP contribution in [0.1, 0.15) is 18.4 Å². The fraction of sp³-hybridized carbons (Fsp3) is 0.250. The van der Waals surface area contributed by atoms with Gasteiger partial charge >= 0.3 is 0 Å². The molecule has 3 rings (SSSR count). The Bertz CT molecular complexity index is 628. The fourth-order valence-electron chi connectivity index (χ4n) is 2.19. The van der Waals surface area contributed by atoms with Gasteiger partial charge in [-0.05, 0) is 48.8 Å². The Morgan fingerprint density at radius 3 is 2.76 bits per heavy atom. The van der Waals surface area contributed by atoms with Gasteiger partial charge in [-0.3, -0.25) is 4.98 Å². The van der Waals surface area contributed by atoms with Crippen LogP contribution in [0.3, 0.4) is 0 Å². The molecule has 1 aromatic heterocycles. The quantitative estimate of drug-likeness (QED) is 0.859. The van der Waals surface area contributed by atoms with Gasteiger partial charge in [-0.1, -0.05) is 29.8 Å². The van der Waals surface area contributed by atoms with E-state index in [-0.39, 0.29) is 0 Å². The molecule has 1 aromatic carbocycles. The zero-order chi connectivity index (χ0) is 14.7. The summed E-state index contributed by atoms with van der Waals surface area (Å²) in [6.07, 6.45) is 6.04. The van der Waals surface area contributed by atoms with Crippen LogP contribution < -0.4 is 5.32 Å². The Labute approximate surface area is 134 Å². The van der Waals surface area contributed by atoms with E-state index in [2.05, 4.69) is 21.3 Å². The molecule has 1 aliphatic rings. The molecule has 1 aliphatic carbocycles. The van der Waals surface area contributed by atoms with Crippen molar-refractivity contribution in [3.8, 4) is 0 Å². The van der Waals surface area contributed by atoms with E-state index in [1.165, 1.54) is 12.8 Å². The molecule has 3 nitrogen and oxygen atoms in total. The number of rotatable bonds is 4. The highest BCUT2D eigenvalue weighted by atomic mass is 35.5. The topological polar surface area (TPSA) is 28.2 Å². The van der Waals surface area contributed by atoms with Gasteiger partial charge in [0.15, 0.2) is 5.11 Å². The molecule has 0 spiro atoms. The minimum atomic E-state index is 0.521. The number of anilines is 1. The minimum Gasteiger partial charge on any atom is -0.342 e. The van der Waals surface area contributed by atoms with Gasteiger partial charge in [0.05, 0.1) is 10.7 Å². The Hall–Kier alpha value is -1.65. The van der Waals surface area contributed by atoms with Crippen molar-refractivity contribution in [3.05, 3.63) is 59.4 Å². The summed E-state index contributed by atoms with van der Waals surface area (Å²) in [5, 5.41) is 4.65. The lowest BCUT2D eigenvalue weighted by Crippen LogP contribution is -2.36. The molecule has 108 valence electrons.